The second-order valence-corrected chi connectivity index (χ2v) is 6.29. The Morgan fingerprint density at radius 1 is 1.26 bits per heavy atom. The van der Waals surface area contributed by atoms with Crippen molar-refractivity contribution in [3.05, 3.63) is 35.9 Å². The molecule has 0 aliphatic carbocycles. The molecule has 2 N–H and O–H groups in total. The van der Waals surface area contributed by atoms with E-state index in [2.05, 4.69) is 12.1 Å². The van der Waals surface area contributed by atoms with Gasteiger partial charge in [0.15, 0.2) is 0 Å². The molecule has 0 aliphatic heterocycles. The lowest BCUT2D eigenvalue weighted by molar-refractivity contribution is -0.635. The largest absolute Gasteiger partial charge is 1.00 e. The van der Waals surface area contributed by atoms with Crippen LogP contribution in [0.2, 0.25) is 0 Å². The van der Waals surface area contributed by atoms with Gasteiger partial charge >= 0.3 is 5.91 Å². The first-order valence-electron chi connectivity index (χ1n) is 7.66. The molecule has 1 aromatic carbocycles. The lowest BCUT2D eigenvalue weighted by Crippen LogP contribution is -3.00. The Morgan fingerprint density at radius 3 is 2.39 bits per heavy atom. The van der Waals surface area contributed by atoms with Gasteiger partial charge in [-0.25, -0.2) is 4.79 Å². The Labute approximate surface area is 145 Å². The molecule has 0 aliphatic rings. The third-order valence-corrected chi connectivity index (χ3v) is 3.50. The van der Waals surface area contributed by atoms with Crippen LogP contribution in [-0.2, 0) is 9.63 Å². The number of quaternary nitrogens is 1. The molecule has 0 unspecified atom stereocenters. The lowest BCUT2D eigenvalue weighted by atomic mass is 10.0. The highest BCUT2D eigenvalue weighted by atomic mass is 35.5. The fourth-order valence-corrected chi connectivity index (χ4v) is 1.69. The quantitative estimate of drug-likeness (QED) is 0.347. The molecule has 0 heterocycles. The molecule has 5 nitrogen and oxygen atoms in total. The van der Waals surface area contributed by atoms with Gasteiger partial charge in [-0.1, -0.05) is 42.4 Å². The molecule has 0 saturated heterocycles. The number of oxime groups is 1. The first-order chi connectivity index (χ1) is 10.4. The van der Waals surface area contributed by atoms with Crippen molar-refractivity contribution in [3.63, 3.8) is 0 Å². The van der Waals surface area contributed by atoms with Crippen LogP contribution >= 0.6 is 0 Å². The van der Waals surface area contributed by atoms with E-state index in [9.17, 15) is 4.79 Å². The average molecular weight is 342 g/mol. The highest BCUT2D eigenvalue weighted by Gasteiger charge is 2.28. The second kappa shape index (κ2) is 10.4. The van der Waals surface area contributed by atoms with E-state index in [0.717, 1.165) is 18.5 Å². The monoisotopic (exact) mass is 341 g/mol. The zero-order chi connectivity index (χ0) is 16.6. The summed E-state index contributed by atoms with van der Waals surface area (Å²) in [5.41, 5.74) is 0.984. The van der Waals surface area contributed by atoms with Crippen LogP contribution in [0.15, 0.2) is 35.5 Å². The number of amides is 1. The highest BCUT2D eigenvalue weighted by Crippen LogP contribution is 2.04. The molecule has 130 valence electrons. The number of halogens is 1. The van der Waals surface area contributed by atoms with Crippen molar-refractivity contribution in [1.82, 2.24) is 4.90 Å². The number of nitrogens with zero attached hydrogens (tertiary/aromatic N) is 2. The molecular weight excluding hydrogens is 314 g/mol. The number of hydrogen-bond donors (Lipinski definition) is 1. The molecule has 0 bridgehead atoms. The number of likely N-dealkylation sites (N-methyl/N-ethyl adjacent to an activating group) is 1. The molecule has 0 radical (unpaired) electrons. The predicted molar refractivity (Wildman–Crippen MR) is 88.8 cm³/mol. The van der Waals surface area contributed by atoms with E-state index in [0.29, 0.717) is 12.3 Å². The van der Waals surface area contributed by atoms with E-state index < -0.39 is 0 Å². The van der Waals surface area contributed by atoms with Gasteiger partial charge in [0.1, 0.15) is 6.61 Å². The number of primary amides is 1. The zero-order valence-electron chi connectivity index (χ0n) is 14.7. The summed E-state index contributed by atoms with van der Waals surface area (Å²) in [6.45, 7) is 7.36. The fraction of sp³-hybridized carbons (Fsp3) is 0.529. The Balaban J connectivity index is 0.00000484. The van der Waals surface area contributed by atoms with Crippen LogP contribution in [0, 0.1) is 0 Å². The van der Waals surface area contributed by atoms with Gasteiger partial charge in [-0.15, -0.1) is 0 Å². The van der Waals surface area contributed by atoms with Crippen LogP contribution in [0.1, 0.15) is 32.8 Å². The Hall–Kier alpha value is -1.43. The fourth-order valence-electron chi connectivity index (χ4n) is 1.69. The summed E-state index contributed by atoms with van der Waals surface area (Å²) in [7, 11) is 3.93. The minimum atomic E-state index is -0.156. The maximum Gasteiger partial charge on any atom is 0.365 e. The van der Waals surface area contributed by atoms with Crippen molar-refractivity contribution < 1.29 is 27.4 Å². The average Bonchev–Trinajstić information content (AvgIpc) is 2.47. The van der Waals surface area contributed by atoms with Crippen LogP contribution in [0.25, 0.3) is 0 Å². The van der Waals surface area contributed by atoms with E-state index in [1.807, 2.05) is 63.2 Å². The van der Waals surface area contributed by atoms with E-state index in [1.54, 1.807) is 5.32 Å². The Kier molecular flexibility index (Phi) is 9.72. The molecule has 0 saturated carbocycles. The summed E-state index contributed by atoms with van der Waals surface area (Å²) < 4.78 is 0. The zero-order valence-corrected chi connectivity index (χ0v) is 15.4. The van der Waals surface area contributed by atoms with Gasteiger partial charge in [0.05, 0.1) is 5.54 Å². The van der Waals surface area contributed by atoms with Gasteiger partial charge in [-0.05, 0) is 34.4 Å². The molecule has 6 heteroatoms. The van der Waals surface area contributed by atoms with Gasteiger partial charge in [0, 0.05) is 12.1 Å². The Bertz CT molecular complexity index is 502. The molecule has 1 rings (SSSR count). The molecule has 0 atom stereocenters. The number of carbonyl (C=O) groups is 1. The van der Waals surface area contributed by atoms with Crippen LogP contribution in [0.5, 0.6) is 0 Å². The molecule has 0 spiro atoms. The van der Waals surface area contributed by atoms with Crippen molar-refractivity contribution in [2.24, 2.45) is 5.16 Å². The normalized spacial score (nSPS) is 12.0. The molecule has 23 heavy (non-hydrogen) atoms. The Morgan fingerprint density at radius 2 is 1.87 bits per heavy atom. The molecular formula is C17H28ClN3O2. The minimum absolute atomic E-state index is 0. The SMILES string of the molecule is CCC(C)(C)[NH2+]C(=O)/C(=N/OCCN(C)C)c1ccccc1.[Cl-]. The number of hydrogen-bond acceptors (Lipinski definition) is 4. The summed E-state index contributed by atoms with van der Waals surface area (Å²) in [6, 6.07) is 9.45. The summed E-state index contributed by atoms with van der Waals surface area (Å²) in [4.78, 5) is 19.9. The third-order valence-electron chi connectivity index (χ3n) is 3.50. The summed E-state index contributed by atoms with van der Waals surface area (Å²) in [6.07, 6.45) is 0.891. The number of nitrogens with two attached hydrogens (primary N) is 1. The van der Waals surface area contributed by atoms with Crippen LogP contribution in [0.4, 0.5) is 0 Å². The van der Waals surface area contributed by atoms with Crippen molar-refractivity contribution >= 4 is 11.6 Å². The second-order valence-electron chi connectivity index (χ2n) is 6.29. The smallest absolute Gasteiger partial charge is 0.365 e. The highest BCUT2D eigenvalue weighted by molar-refractivity contribution is 6.41. The topological polar surface area (TPSA) is 58.5 Å². The van der Waals surface area contributed by atoms with Crippen molar-refractivity contribution in [2.45, 2.75) is 32.7 Å². The van der Waals surface area contributed by atoms with E-state index in [1.165, 1.54) is 0 Å². The van der Waals surface area contributed by atoms with Crippen molar-refractivity contribution in [1.29, 1.82) is 0 Å². The maximum atomic E-state index is 12.6. The molecule has 1 amide bonds. The maximum absolute atomic E-state index is 12.6. The number of rotatable bonds is 8. The van der Waals surface area contributed by atoms with Crippen LogP contribution in [0.3, 0.4) is 0 Å². The molecule has 0 fully saturated rings. The lowest BCUT2D eigenvalue weighted by Gasteiger charge is -2.19. The van der Waals surface area contributed by atoms with Gasteiger partial charge in [-0.3, -0.25) is 5.32 Å². The van der Waals surface area contributed by atoms with Gasteiger partial charge in [-0.2, -0.15) is 0 Å². The summed E-state index contributed by atoms with van der Waals surface area (Å²) in [5.74, 6) is -0.0945. The van der Waals surface area contributed by atoms with Gasteiger partial charge in [0.2, 0.25) is 5.71 Å². The summed E-state index contributed by atoms with van der Waals surface area (Å²) in [5, 5.41) is 5.82. The number of carbonyl (C=O) groups excluding carboxylic acids is 1. The van der Waals surface area contributed by atoms with Gasteiger partial charge < -0.3 is 22.1 Å². The van der Waals surface area contributed by atoms with Crippen LogP contribution < -0.4 is 17.7 Å². The minimum Gasteiger partial charge on any atom is -1.00 e. The first kappa shape index (κ1) is 21.6. The third kappa shape index (κ3) is 8.11. The van der Waals surface area contributed by atoms with E-state index in [-0.39, 0.29) is 23.9 Å². The van der Waals surface area contributed by atoms with Crippen molar-refractivity contribution in [3.8, 4) is 0 Å². The summed E-state index contributed by atoms with van der Waals surface area (Å²) >= 11 is 0. The standard InChI is InChI=1S/C17H27N3O2.ClH/c1-6-17(2,3)18-16(21)15(14-10-8-7-9-11-14)19-22-13-12-20(4)5;/h7-11H,6,12-13H2,1-5H3,(H,18,21);1H/b19-15+;. The predicted octanol–water partition coefficient (Wildman–Crippen LogP) is -1.75. The van der Waals surface area contributed by atoms with Gasteiger partial charge in [0.25, 0.3) is 0 Å². The van der Waals surface area contributed by atoms with Crippen LogP contribution in [-0.4, -0.2) is 49.3 Å². The molecule has 0 aromatic heterocycles. The first-order valence-corrected chi connectivity index (χ1v) is 7.66. The van der Waals surface area contributed by atoms with E-state index in [4.69, 9.17) is 4.84 Å². The van der Waals surface area contributed by atoms with E-state index >= 15 is 0 Å². The molecule has 1 aromatic rings. The van der Waals surface area contributed by atoms with Crippen molar-refractivity contribution in [2.75, 3.05) is 27.2 Å². The number of benzene rings is 1.